The highest BCUT2D eigenvalue weighted by atomic mass is 127. The molecule has 1 saturated carbocycles. The van der Waals surface area contributed by atoms with Crippen molar-refractivity contribution in [2.45, 2.75) is 31.7 Å². The Bertz CT molecular complexity index is 631. The first-order valence-electron chi connectivity index (χ1n) is 10.4. The highest BCUT2D eigenvalue weighted by Crippen LogP contribution is 2.18. The van der Waals surface area contributed by atoms with Crippen molar-refractivity contribution in [3.8, 4) is 5.75 Å². The number of aliphatic imine (C=N–C) groups is 1. The Morgan fingerprint density at radius 1 is 1.17 bits per heavy atom. The van der Waals surface area contributed by atoms with Crippen molar-refractivity contribution in [1.29, 1.82) is 0 Å². The van der Waals surface area contributed by atoms with Crippen LogP contribution >= 0.6 is 24.0 Å². The minimum Gasteiger partial charge on any atom is -0.492 e. The summed E-state index contributed by atoms with van der Waals surface area (Å²) in [7, 11) is 1.82. The molecule has 0 atom stereocenters. The van der Waals surface area contributed by atoms with Crippen molar-refractivity contribution in [1.82, 2.24) is 20.4 Å². The van der Waals surface area contributed by atoms with Crippen LogP contribution in [0.5, 0.6) is 5.75 Å². The van der Waals surface area contributed by atoms with Gasteiger partial charge in [0.05, 0.1) is 0 Å². The lowest BCUT2D eigenvalue weighted by molar-refractivity contribution is -0.121. The number of guanidine groups is 1. The summed E-state index contributed by atoms with van der Waals surface area (Å²) >= 11 is 0. The number of para-hydroxylation sites is 1. The fourth-order valence-corrected chi connectivity index (χ4v) is 3.30. The second-order valence-corrected chi connectivity index (χ2v) is 7.41. The lowest BCUT2D eigenvalue weighted by atomic mass is 10.3. The van der Waals surface area contributed by atoms with Crippen molar-refractivity contribution >= 4 is 35.8 Å². The quantitative estimate of drug-likeness (QED) is 0.228. The van der Waals surface area contributed by atoms with E-state index in [1.165, 1.54) is 0 Å². The summed E-state index contributed by atoms with van der Waals surface area (Å²) in [5.74, 6) is 2.03. The van der Waals surface area contributed by atoms with E-state index in [1.807, 2.05) is 37.4 Å². The van der Waals surface area contributed by atoms with E-state index < -0.39 is 0 Å². The number of hydrogen-bond donors (Lipinski definition) is 2. The van der Waals surface area contributed by atoms with Gasteiger partial charge in [0.25, 0.3) is 0 Å². The van der Waals surface area contributed by atoms with Gasteiger partial charge in [-0.2, -0.15) is 0 Å². The molecule has 1 saturated heterocycles. The number of halogens is 1. The number of carbonyl (C=O) groups excluding carboxylic acids is 1. The molecule has 7 nitrogen and oxygen atoms in total. The van der Waals surface area contributed by atoms with Gasteiger partial charge in [0.2, 0.25) is 5.91 Å². The predicted octanol–water partition coefficient (Wildman–Crippen LogP) is 1.94. The van der Waals surface area contributed by atoms with Crippen LogP contribution in [0.15, 0.2) is 35.3 Å². The van der Waals surface area contributed by atoms with E-state index in [2.05, 4.69) is 25.4 Å². The van der Waals surface area contributed by atoms with Gasteiger partial charge < -0.3 is 20.3 Å². The van der Waals surface area contributed by atoms with Crippen molar-refractivity contribution in [2.24, 2.45) is 4.99 Å². The van der Waals surface area contributed by atoms with E-state index in [-0.39, 0.29) is 29.9 Å². The summed E-state index contributed by atoms with van der Waals surface area (Å²) in [6.45, 7) is 6.33. The average Bonchev–Trinajstić information content (AvgIpc) is 3.53. The average molecular weight is 515 g/mol. The number of piperazine rings is 1. The van der Waals surface area contributed by atoms with Gasteiger partial charge in [-0.15, -0.1) is 24.0 Å². The molecule has 2 N–H and O–H groups in total. The van der Waals surface area contributed by atoms with Gasteiger partial charge in [-0.3, -0.25) is 14.7 Å². The van der Waals surface area contributed by atoms with Crippen LogP contribution in [0.4, 0.5) is 0 Å². The molecule has 1 aliphatic carbocycles. The third kappa shape index (κ3) is 8.77. The summed E-state index contributed by atoms with van der Waals surface area (Å²) in [6, 6.07) is 10.4. The Morgan fingerprint density at radius 2 is 1.90 bits per heavy atom. The van der Waals surface area contributed by atoms with Crippen molar-refractivity contribution in [2.75, 3.05) is 52.9 Å². The summed E-state index contributed by atoms with van der Waals surface area (Å²) in [5.41, 5.74) is 0. The molecule has 0 spiro atoms. The molecule has 1 heterocycles. The Balaban J connectivity index is 0.00000300. The Labute approximate surface area is 191 Å². The van der Waals surface area contributed by atoms with E-state index in [9.17, 15) is 4.79 Å². The molecule has 0 radical (unpaired) electrons. The van der Waals surface area contributed by atoms with Crippen LogP contribution < -0.4 is 15.4 Å². The molecular weight excluding hydrogens is 481 g/mol. The minimum atomic E-state index is 0. The number of rotatable bonds is 9. The van der Waals surface area contributed by atoms with E-state index >= 15 is 0 Å². The highest BCUT2D eigenvalue weighted by Gasteiger charge is 2.23. The molecule has 1 aromatic rings. The number of amides is 1. The first-order chi connectivity index (χ1) is 13.7. The topological polar surface area (TPSA) is 69.2 Å². The number of benzene rings is 1. The molecule has 1 aromatic carbocycles. The number of nitrogens with zero attached hydrogens (tertiary/aromatic N) is 3. The second kappa shape index (κ2) is 12.9. The van der Waals surface area contributed by atoms with Crippen LogP contribution in [0, 0.1) is 0 Å². The summed E-state index contributed by atoms with van der Waals surface area (Å²) in [4.78, 5) is 20.8. The molecule has 3 rings (SSSR count). The van der Waals surface area contributed by atoms with E-state index in [0.717, 1.165) is 70.2 Å². The van der Waals surface area contributed by atoms with E-state index in [4.69, 9.17) is 4.74 Å². The Kier molecular flexibility index (Phi) is 10.5. The van der Waals surface area contributed by atoms with Crippen molar-refractivity contribution in [3.05, 3.63) is 30.3 Å². The van der Waals surface area contributed by atoms with Gasteiger partial charge >= 0.3 is 0 Å². The molecule has 1 amide bonds. The summed E-state index contributed by atoms with van der Waals surface area (Å²) in [5, 5.41) is 6.42. The normalized spacial score (nSPS) is 17.4. The zero-order valence-electron chi connectivity index (χ0n) is 17.3. The number of hydrogen-bond acceptors (Lipinski definition) is 4. The molecule has 8 heteroatoms. The first-order valence-corrected chi connectivity index (χ1v) is 10.4. The first kappa shape index (κ1) is 23.7. The molecule has 29 heavy (non-hydrogen) atoms. The highest BCUT2D eigenvalue weighted by molar-refractivity contribution is 14.0. The summed E-state index contributed by atoms with van der Waals surface area (Å²) in [6.07, 6.45) is 3.69. The molecule has 0 bridgehead atoms. The van der Waals surface area contributed by atoms with E-state index in [1.54, 1.807) is 0 Å². The summed E-state index contributed by atoms with van der Waals surface area (Å²) < 4.78 is 5.79. The van der Waals surface area contributed by atoms with Crippen LogP contribution in [0.3, 0.4) is 0 Å². The maximum Gasteiger partial charge on any atom is 0.220 e. The van der Waals surface area contributed by atoms with Gasteiger partial charge in [-0.25, -0.2) is 0 Å². The number of ether oxygens (including phenoxy) is 1. The number of carbonyl (C=O) groups is 1. The maximum atomic E-state index is 11.7. The van der Waals surface area contributed by atoms with Crippen LogP contribution in [0.25, 0.3) is 0 Å². The monoisotopic (exact) mass is 515 g/mol. The predicted molar refractivity (Wildman–Crippen MR) is 127 cm³/mol. The minimum absolute atomic E-state index is 0. The van der Waals surface area contributed by atoms with Gasteiger partial charge in [0, 0.05) is 58.8 Å². The zero-order chi connectivity index (χ0) is 19.6. The molecule has 162 valence electrons. The largest absolute Gasteiger partial charge is 0.492 e. The molecule has 2 aliphatic rings. The Hall–Kier alpha value is -1.55. The Morgan fingerprint density at radius 3 is 2.55 bits per heavy atom. The fraction of sp³-hybridized carbons (Fsp3) is 0.619. The fourth-order valence-electron chi connectivity index (χ4n) is 3.30. The van der Waals surface area contributed by atoms with Gasteiger partial charge in [0.1, 0.15) is 12.4 Å². The standard InChI is InChI=1S/C21H33N5O2.HI/c1-22-21(23-11-5-8-20(27)24-18-9-10-18)26-14-12-25(13-15-26)16-17-28-19-6-3-2-4-7-19;/h2-4,6-7,18H,5,8-17H2,1H3,(H,22,23)(H,24,27);1H. The zero-order valence-corrected chi connectivity index (χ0v) is 19.6. The van der Waals surface area contributed by atoms with Gasteiger partial charge in [-0.1, -0.05) is 18.2 Å². The van der Waals surface area contributed by atoms with Crippen LogP contribution in [0.1, 0.15) is 25.7 Å². The van der Waals surface area contributed by atoms with E-state index in [0.29, 0.717) is 19.1 Å². The van der Waals surface area contributed by atoms with Crippen molar-refractivity contribution < 1.29 is 9.53 Å². The third-order valence-electron chi connectivity index (χ3n) is 5.11. The lowest BCUT2D eigenvalue weighted by Crippen LogP contribution is -2.53. The molecule has 0 aromatic heterocycles. The van der Waals surface area contributed by atoms with Crippen LogP contribution in [-0.4, -0.2) is 80.6 Å². The molecule has 1 aliphatic heterocycles. The van der Waals surface area contributed by atoms with Crippen molar-refractivity contribution in [3.63, 3.8) is 0 Å². The molecule has 0 unspecified atom stereocenters. The lowest BCUT2D eigenvalue weighted by Gasteiger charge is -2.36. The van der Waals surface area contributed by atoms with Gasteiger partial charge in [-0.05, 0) is 31.4 Å². The number of nitrogens with one attached hydrogen (secondary N) is 2. The molecule has 2 fully saturated rings. The molecular formula is C21H34IN5O2. The van der Waals surface area contributed by atoms with Crippen LogP contribution in [0.2, 0.25) is 0 Å². The second-order valence-electron chi connectivity index (χ2n) is 7.41. The smallest absolute Gasteiger partial charge is 0.220 e. The maximum absolute atomic E-state index is 11.7. The van der Waals surface area contributed by atoms with Crippen LogP contribution in [-0.2, 0) is 4.79 Å². The third-order valence-corrected chi connectivity index (χ3v) is 5.11. The van der Waals surface area contributed by atoms with Gasteiger partial charge in [0.15, 0.2) is 5.96 Å². The SMILES string of the molecule is CN=C(NCCCC(=O)NC1CC1)N1CCN(CCOc2ccccc2)CC1.I.